The van der Waals surface area contributed by atoms with Crippen LogP contribution in [0.4, 0.5) is 0 Å². The Morgan fingerprint density at radius 3 is 2.48 bits per heavy atom. The van der Waals surface area contributed by atoms with E-state index in [2.05, 4.69) is 10.4 Å². The van der Waals surface area contributed by atoms with Crippen LogP contribution in [0.15, 0.2) is 35.1 Å². The van der Waals surface area contributed by atoms with Crippen molar-refractivity contribution in [2.24, 2.45) is 0 Å². The largest absolute Gasteiger partial charge is 0.497 e. The van der Waals surface area contributed by atoms with E-state index >= 15 is 0 Å². The van der Waals surface area contributed by atoms with Crippen LogP contribution in [0.1, 0.15) is 19.4 Å². The Kier molecular flexibility index (Phi) is 7.36. The molecular formula is C19H25N3O5. The Labute approximate surface area is 158 Å². The molecule has 0 saturated carbocycles. The summed E-state index contributed by atoms with van der Waals surface area (Å²) in [4.78, 5) is 24.8. The zero-order valence-electron chi connectivity index (χ0n) is 16.0. The van der Waals surface area contributed by atoms with Crippen LogP contribution < -0.4 is 20.3 Å². The van der Waals surface area contributed by atoms with E-state index < -0.39 is 11.6 Å². The first kappa shape index (κ1) is 20.4. The number of rotatable bonds is 9. The minimum atomic E-state index is -0.761. The van der Waals surface area contributed by atoms with Crippen molar-refractivity contribution < 1.29 is 19.0 Å². The van der Waals surface area contributed by atoms with Crippen molar-refractivity contribution in [2.75, 3.05) is 34.5 Å². The van der Waals surface area contributed by atoms with Gasteiger partial charge in [-0.1, -0.05) is 0 Å². The fourth-order valence-corrected chi connectivity index (χ4v) is 2.52. The van der Waals surface area contributed by atoms with Gasteiger partial charge in [-0.2, -0.15) is 5.10 Å². The summed E-state index contributed by atoms with van der Waals surface area (Å²) in [6.07, 6.45) is 0.691. The van der Waals surface area contributed by atoms with Crippen LogP contribution in [0.5, 0.6) is 11.5 Å². The van der Waals surface area contributed by atoms with Gasteiger partial charge in [-0.05, 0) is 37.6 Å². The molecule has 2 rings (SSSR count). The number of hydrogen-bond acceptors (Lipinski definition) is 6. The van der Waals surface area contributed by atoms with E-state index in [-0.39, 0.29) is 5.91 Å². The third kappa shape index (κ3) is 5.07. The fraction of sp³-hybridized carbons (Fsp3) is 0.421. The van der Waals surface area contributed by atoms with Gasteiger partial charge in [0.1, 0.15) is 17.5 Å². The van der Waals surface area contributed by atoms with E-state index in [9.17, 15) is 9.59 Å². The minimum Gasteiger partial charge on any atom is -0.497 e. The number of aromatic nitrogens is 2. The minimum absolute atomic E-state index is 0.286. The SMILES string of the molecule is COCCCNC(=O)[C@@H](C)n1nc(-c2ccc(OC)cc2)c(OC)cc1=O. The standard InChI is InChI=1S/C19H25N3O5/c1-13(19(24)20-10-5-11-25-2)22-17(23)12-16(27-4)18(21-22)14-6-8-15(26-3)9-7-14/h6-9,12-13H,5,10-11H2,1-4H3,(H,20,24)/t13-/m1/s1. The first-order valence-electron chi connectivity index (χ1n) is 8.60. The fourth-order valence-electron chi connectivity index (χ4n) is 2.52. The van der Waals surface area contributed by atoms with Gasteiger partial charge >= 0.3 is 0 Å². The molecule has 1 aromatic heterocycles. The first-order valence-corrected chi connectivity index (χ1v) is 8.60. The maximum atomic E-state index is 12.4. The molecule has 0 unspecified atom stereocenters. The normalized spacial score (nSPS) is 11.7. The van der Waals surface area contributed by atoms with Crippen LogP contribution in [0, 0.1) is 0 Å². The zero-order chi connectivity index (χ0) is 19.8. The quantitative estimate of drug-likeness (QED) is 0.670. The molecule has 0 saturated heterocycles. The topological polar surface area (TPSA) is 91.7 Å². The van der Waals surface area contributed by atoms with Crippen LogP contribution in [0.3, 0.4) is 0 Å². The lowest BCUT2D eigenvalue weighted by Gasteiger charge is -2.16. The van der Waals surface area contributed by atoms with Crippen molar-refractivity contribution in [3.8, 4) is 22.8 Å². The third-order valence-electron chi connectivity index (χ3n) is 4.08. The Bertz CT molecular complexity index is 817. The van der Waals surface area contributed by atoms with Gasteiger partial charge < -0.3 is 19.5 Å². The number of methoxy groups -OCH3 is 3. The summed E-state index contributed by atoms with van der Waals surface area (Å²) < 4.78 is 16.6. The predicted octanol–water partition coefficient (Wildman–Crippen LogP) is 1.64. The highest BCUT2D eigenvalue weighted by molar-refractivity contribution is 5.79. The van der Waals surface area contributed by atoms with E-state index in [0.29, 0.717) is 36.8 Å². The van der Waals surface area contributed by atoms with Gasteiger partial charge in [0.05, 0.1) is 14.2 Å². The van der Waals surface area contributed by atoms with E-state index in [1.54, 1.807) is 33.3 Å². The van der Waals surface area contributed by atoms with Gasteiger partial charge in [-0.25, -0.2) is 4.68 Å². The van der Waals surface area contributed by atoms with Gasteiger partial charge in [-0.3, -0.25) is 9.59 Å². The molecular weight excluding hydrogens is 350 g/mol. The van der Waals surface area contributed by atoms with E-state index in [1.807, 2.05) is 12.1 Å². The smallest absolute Gasteiger partial charge is 0.271 e. The van der Waals surface area contributed by atoms with Crippen molar-refractivity contribution in [3.05, 3.63) is 40.7 Å². The van der Waals surface area contributed by atoms with Crippen LogP contribution in [0.25, 0.3) is 11.3 Å². The van der Waals surface area contributed by atoms with Gasteiger partial charge in [0, 0.05) is 31.9 Å². The second-order valence-corrected chi connectivity index (χ2v) is 5.89. The molecule has 0 fully saturated rings. The second-order valence-electron chi connectivity index (χ2n) is 5.89. The van der Waals surface area contributed by atoms with Crippen LogP contribution >= 0.6 is 0 Å². The van der Waals surface area contributed by atoms with Crippen molar-refractivity contribution in [3.63, 3.8) is 0 Å². The zero-order valence-corrected chi connectivity index (χ0v) is 16.0. The molecule has 0 aliphatic carbocycles. The van der Waals surface area contributed by atoms with Gasteiger partial charge in [0.2, 0.25) is 5.91 Å². The Morgan fingerprint density at radius 2 is 1.89 bits per heavy atom. The number of nitrogens with zero attached hydrogens (tertiary/aromatic N) is 2. The average Bonchev–Trinajstić information content (AvgIpc) is 2.70. The number of benzene rings is 1. The lowest BCUT2D eigenvalue weighted by atomic mass is 10.1. The predicted molar refractivity (Wildman–Crippen MR) is 101 cm³/mol. The molecule has 1 aromatic carbocycles. The average molecular weight is 375 g/mol. The number of nitrogens with one attached hydrogen (secondary N) is 1. The Hall–Kier alpha value is -2.87. The molecule has 1 atom stereocenters. The molecule has 2 aromatic rings. The summed E-state index contributed by atoms with van der Waals surface area (Å²) in [5, 5.41) is 7.17. The maximum Gasteiger partial charge on any atom is 0.271 e. The molecule has 0 aliphatic rings. The Morgan fingerprint density at radius 1 is 1.19 bits per heavy atom. The highest BCUT2D eigenvalue weighted by Gasteiger charge is 2.20. The number of amides is 1. The van der Waals surface area contributed by atoms with Gasteiger partial charge in [0.25, 0.3) is 5.56 Å². The molecule has 1 heterocycles. The molecule has 1 N–H and O–H groups in total. The lowest BCUT2D eigenvalue weighted by Crippen LogP contribution is -2.37. The molecule has 146 valence electrons. The number of ether oxygens (including phenoxy) is 3. The molecule has 0 radical (unpaired) electrons. The molecule has 8 nitrogen and oxygen atoms in total. The molecule has 1 amide bonds. The third-order valence-corrected chi connectivity index (χ3v) is 4.08. The van der Waals surface area contributed by atoms with Crippen LogP contribution in [-0.4, -0.2) is 50.2 Å². The Balaban J connectivity index is 2.31. The second kappa shape index (κ2) is 9.72. The maximum absolute atomic E-state index is 12.4. The van der Waals surface area contributed by atoms with Crippen molar-refractivity contribution in [2.45, 2.75) is 19.4 Å². The lowest BCUT2D eigenvalue weighted by molar-refractivity contribution is -0.124. The summed E-state index contributed by atoms with van der Waals surface area (Å²) in [5.41, 5.74) is 0.802. The summed E-state index contributed by atoms with van der Waals surface area (Å²) in [5.74, 6) is 0.760. The number of hydrogen-bond donors (Lipinski definition) is 1. The summed E-state index contributed by atoms with van der Waals surface area (Å²) in [6, 6.07) is 7.78. The molecule has 27 heavy (non-hydrogen) atoms. The summed E-state index contributed by atoms with van der Waals surface area (Å²) in [6.45, 7) is 2.65. The van der Waals surface area contributed by atoms with Crippen molar-refractivity contribution >= 4 is 5.91 Å². The van der Waals surface area contributed by atoms with E-state index in [0.717, 1.165) is 10.2 Å². The van der Waals surface area contributed by atoms with Crippen LogP contribution in [0.2, 0.25) is 0 Å². The molecule has 0 spiro atoms. The first-order chi connectivity index (χ1) is 13.0. The van der Waals surface area contributed by atoms with Crippen LogP contribution in [-0.2, 0) is 9.53 Å². The van der Waals surface area contributed by atoms with Gasteiger partial charge in [-0.15, -0.1) is 0 Å². The van der Waals surface area contributed by atoms with E-state index in [4.69, 9.17) is 14.2 Å². The molecule has 0 aliphatic heterocycles. The highest BCUT2D eigenvalue weighted by Crippen LogP contribution is 2.28. The summed E-state index contributed by atoms with van der Waals surface area (Å²) in [7, 11) is 4.66. The summed E-state index contributed by atoms with van der Waals surface area (Å²) >= 11 is 0. The number of carbonyl (C=O) groups is 1. The monoisotopic (exact) mass is 375 g/mol. The van der Waals surface area contributed by atoms with Crippen molar-refractivity contribution in [1.82, 2.24) is 15.1 Å². The highest BCUT2D eigenvalue weighted by atomic mass is 16.5. The van der Waals surface area contributed by atoms with Crippen molar-refractivity contribution in [1.29, 1.82) is 0 Å². The van der Waals surface area contributed by atoms with E-state index in [1.165, 1.54) is 13.2 Å². The molecule has 0 bridgehead atoms. The molecule has 8 heteroatoms. The van der Waals surface area contributed by atoms with Gasteiger partial charge in [0.15, 0.2) is 5.75 Å². The number of carbonyl (C=O) groups excluding carboxylic acids is 1.